The molecule has 1 aliphatic rings. The number of halogens is 1. The van der Waals surface area contributed by atoms with Gasteiger partial charge in [0.2, 0.25) is 0 Å². The van der Waals surface area contributed by atoms with E-state index < -0.39 is 0 Å². The molecular formula is C13H16ClN3. The predicted octanol–water partition coefficient (Wildman–Crippen LogP) is 2.52. The van der Waals surface area contributed by atoms with Crippen molar-refractivity contribution in [2.45, 2.75) is 18.8 Å². The first-order valence-corrected chi connectivity index (χ1v) is 5.86. The van der Waals surface area contributed by atoms with Crippen LogP contribution in [0.4, 0.5) is 0 Å². The molecule has 0 spiro atoms. The predicted molar refractivity (Wildman–Crippen MR) is 71.6 cm³/mol. The molecule has 1 saturated heterocycles. The average molecular weight is 250 g/mol. The summed E-state index contributed by atoms with van der Waals surface area (Å²) in [6.45, 7) is 2.19. The van der Waals surface area contributed by atoms with Crippen molar-refractivity contribution in [1.29, 1.82) is 0 Å². The molecule has 0 radical (unpaired) electrons. The molecule has 2 aromatic rings. The highest BCUT2D eigenvalue weighted by atomic mass is 35.5. The summed E-state index contributed by atoms with van der Waals surface area (Å²) in [5.41, 5.74) is 3.15. The number of nitrogens with one attached hydrogen (secondary N) is 1. The van der Waals surface area contributed by atoms with Crippen LogP contribution in [-0.4, -0.2) is 23.1 Å². The summed E-state index contributed by atoms with van der Waals surface area (Å²) in [6, 6.07) is 8.06. The second kappa shape index (κ2) is 5.43. The van der Waals surface area contributed by atoms with Gasteiger partial charge in [-0.3, -0.25) is 4.98 Å². The lowest BCUT2D eigenvalue weighted by molar-refractivity contribution is 0.453. The van der Waals surface area contributed by atoms with Crippen LogP contribution in [0.3, 0.4) is 0 Å². The summed E-state index contributed by atoms with van der Waals surface area (Å²) >= 11 is 0. The molecule has 1 aromatic carbocycles. The van der Waals surface area contributed by atoms with Crippen molar-refractivity contribution in [1.82, 2.24) is 15.3 Å². The van der Waals surface area contributed by atoms with Crippen molar-refractivity contribution in [3.8, 4) is 0 Å². The first-order valence-electron chi connectivity index (χ1n) is 5.86. The molecule has 0 saturated carbocycles. The van der Waals surface area contributed by atoms with Crippen molar-refractivity contribution in [3.05, 3.63) is 36.2 Å². The third kappa shape index (κ3) is 2.56. The minimum Gasteiger partial charge on any atom is -0.317 e. The maximum atomic E-state index is 4.71. The van der Waals surface area contributed by atoms with Gasteiger partial charge in [-0.2, -0.15) is 0 Å². The zero-order valence-corrected chi connectivity index (χ0v) is 10.4. The minimum absolute atomic E-state index is 0. The molecule has 3 rings (SSSR count). The number of hydrogen-bond donors (Lipinski definition) is 1. The number of benzene rings is 1. The standard InChI is InChI=1S/C13H15N3.ClH/c1-2-4-12-11(3-1)15-9-13(16-12)10-5-7-14-8-6-10;/h1-4,9-10,14H,5-8H2;1H. The lowest BCUT2D eigenvalue weighted by atomic mass is 9.95. The van der Waals surface area contributed by atoms with Crippen LogP contribution < -0.4 is 5.32 Å². The van der Waals surface area contributed by atoms with Gasteiger partial charge in [0, 0.05) is 12.1 Å². The quantitative estimate of drug-likeness (QED) is 0.844. The van der Waals surface area contributed by atoms with E-state index in [1.165, 1.54) is 12.8 Å². The minimum atomic E-state index is 0. The Morgan fingerprint density at radius 2 is 1.76 bits per heavy atom. The van der Waals surface area contributed by atoms with E-state index in [1.807, 2.05) is 30.5 Å². The van der Waals surface area contributed by atoms with Gasteiger partial charge in [-0.25, -0.2) is 4.98 Å². The van der Waals surface area contributed by atoms with Crippen LogP contribution in [0.25, 0.3) is 11.0 Å². The van der Waals surface area contributed by atoms with E-state index in [1.54, 1.807) is 0 Å². The van der Waals surface area contributed by atoms with Gasteiger partial charge in [-0.05, 0) is 38.1 Å². The lowest BCUT2D eigenvalue weighted by Crippen LogP contribution is -2.27. The van der Waals surface area contributed by atoms with Crippen molar-refractivity contribution in [3.63, 3.8) is 0 Å². The topological polar surface area (TPSA) is 37.8 Å². The van der Waals surface area contributed by atoms with Crippen LogP contribution in [0.5, 0.6) is 0 Å². The SMILES string of the molecule is Cl.c1ccc2nc(C3CCNCC3)cnc2c1. The first kappa shape index (κ1) is 12.3. The third-order valence-electron chi connectivity index (χ3n) is 3.22. The number of rotatable bonds is 1. The Hall–Kier alpha value is -1.19. The molecule has 3 nitrogen and oxygen atoms in total. The van der Waals surface area contributed by atoms with Crippen LogP contribution in [0.1, 0.15) is 24.5 Å². The van der Waals surface area contributed by atoms with Gasteiger partial charge in [-0.1, -0.05) is 12.1 Å². The smallest absolute Gasteiger partial charge is 0.0890 e. The molecule has 1 aromatic heterocycles. The largest absolute Gasteiger partial charge is 0.317 e. The average Bonchev–Trinajstić information content (AvgIpc) is 2.39. The monoisotopic (exact) mass is 249 g/mol. The van der Waals surface area contributed by atoms with Crippen LogP contribution in [0, 0.1) is 0 Å². The van der Waals surface area contributed by atoms with Gasteiger partial charge in [0.25, 0.3) is 0 Å². The highest BCUT2D eigenvalue weighted by Gasteiger charge is 2.16. The maximum Gasteiger partial charge on any atom is 0.0890 e. The van der Waals surface area contributed by atoms with Gasteiger partial charge in [0.05, 0.1) is 16.7 Å². The normalized spacial score (nSPS) is 16.7. The summed E-state index contributed by atoms with van der Waals surface area (Å²) in [7, 11) is 0. The molecule has 4 heteroatoms. The Kier molecular flexibility index (Phi) is 3.92. The zero-order valence-electron chi connectivity index (χ0n) is 9.60. The second-order valence-corrected chi connectivity index (χ2v) is 4.31. The maximum absolute atomic E-state index is 4.71. The number of hydrogen-bond acceptors (Lipinski definition) is 3. The number of fused-ring (bicyclic) bond motifs is 1. The fraction of sp³-hybridized carbons (Fsp3) is 0.385. The van der Waals surface area contributed by atoms with Crippen LogP contribution >= 0.6 is 12.4 Å². The van der Waals surface area contributed by atoms with Crippen molar-refractivity contribution < 1.29 is 0 Å². The zero-order chi connectivity index (χ0) is 10.8. The third-order valence-corrected chi connectivity index (χ3v) is 3.22. The van der Waals surface area contributed by atoms with Crippen molar-refractivity contribution in [2.24, 2.45) is 0 Å². The van der Waals surface area contributed by atoms with Gasteiger partial charge in [0.15, 0.2) is 0 Å². The van der Waals surface area contributed by atoms with E-state index in [2.05, 4.69) is 10.3 Å². The number of nitrogens with zero attached hydrogens (tertiary/aromatic N) is 2. The molecule has 1 N–H and O–H groups in total. The molecule has 2 heterocycles. The van der Waals surface area contributed by atoms with E-state index in [0.717, 1.165) is 29.8 Å². The summed E-state index contributed by atoms with van der Waals surface area (Å²) < 4.78 is 0. The van der Waals surface area contributed by atoms with Gasteiger partial charge in [0.1, 0.15) is 0 Å². The van der Waals surface area contributed by atoms with E-state index >= 15 is 0 Å². The number of aromatic nitrogens is 2. The fourth-order valence-corrected chi connectivity index (χ4v) is 2.29. The van der Waals surface area contributed by atoms with E-state index in [9.17, 15) is 0 Å². The Morgan fingerprint density at radius 1 is 1.06 bits per heavy atom. The fourth-order valence-electron chi connectivity index (χ4n) is 2.29. The molecule has 0 atom stereocenters. The molecule has 90 valence electrons. The molecular weight excluding hydrogens is 234 g/mol. The molecule has 1 fully saturated rings. The Labute approximate surface area is 107 Å². The van der Waals surface area contributed by atoms with E-state index in [0.29, 0.717) is 5.92 Å². The molecule has 0 unspecified atom stereocenters. The van der Waals surface area contributed by atoms with Crippen LogP contribution in [0.2, 0.25) is 0 Å². The Bertz CT molecular complexity index is 495. The summed E-state index contributed by atoms with van der Waals surface area (Å²) in [4.78, 5) is 9.18. The molecule has 1 aliphatic heterocycles. The summed E-state index contributed by atoms with van der Waals surface area (Å²) in [6.07, 6.45) is 4.29. The molecule has 0 bridgehead atoms. The Balaban J connectivity index is 0.00000108. The number of piperidine rings is 1. The second-order valence-electron chi connectivity index (χ2n) is 4.31. The molecule has 17 heavy (non-hydrogen) atoms. The van der Waals surface area contributed by atoms with Crippen molar-refractivity contribution in [2.75, 3.05) is 13.1 Å². The summed E-state index contributed by atoms with van der Waals surface area (Å²) in [5.74, 6) is 0.582. The van der Waals surface area contributed by atoms with Gasteiger partial charge >= 0.3 is 0 Å². The van der Waals surface area contributed by atoms with E-state index in [-0.39, 0.29) is 12.4 Å². The Morgan fingerprint density at radius 3 is 2.53 bits per heavy atom. The summed E-state index contributed by atoms with van der Waals surface area (Å²) in [5, 5.41) is 3.37. The lowest BCUT2D eigenvalue weighted by Gasteiger charge is -2.21. The van der Waals surface area contributed by atoms with Crippen LogP contribution in [0.15, 0.2) is 30.5 Å². The van der Waals surface area contributed by atoms with Gasteiger partial charge < -0.3 is 5.32 Å². The van der Waals surface area contributed by atoms with Crippen LogP contribution in [-0.2, 0) is 0 Å². The van der Waals surface area contributed by atoms with E-state index in [4.69, 9.17) is 4.98 Å². The first-order chi connectivity index (χ1) is 7.93. The highest BCUT2D eigenvalue weighted by molar-refractivity contribution is 5.85. The molecule has 0 aliphatic carbocycles. The van der Waals surface area contributed by atoms with Gasteiger partial charge in [-0.15, -0.1) is 12.4 Å². The highest BCUT2D eigenvalue weighted by Crippen LogP contribution is 2.24. The molecule has 0 amide bonds. The van der Waals surface area contributed by atoms with Crippen molar-refractivity contribution >= 4 is 23.4 Å². The number of para-hydroxylation sites is 2.